The Balaban J connectivity index is 2.10. The first kappa shape index (κ1) is 13.8. The molecule has 0 amide bonds. The molecule has 3 aromatic rings. The van der Waals surface area contributed by atoms with Crippen LogP contribution in [0, 0.1) is 6.92 Å². The van der Waals surface area contributed by atoms with E-state index in [0.29, 0.717) is 0 Å². The number of rotatable bonds is 3. The highest BCUT2D eigenvalue weighted by molar-refractivity contribution is 7.84. The van der Waals surface area contributed by atoms with Gasteiger partial charge in [0.25, 0.3) is 0 Å². The maximum atomic E-state index is 11.5. The molecule has 0 bridgehead atoms. The van der Waals surface area contributed by atoms with Crippen molar-refractivity contribution >= 4 is 10.8 Å². The molecule has 2 aromatic carbocycles. The quantitative estimate of drug-likeness (QED) is 0.732. The molecule has 0 radical (unpaired) electrons. The normalized spacial score (nSPS) is 12.3. The van der Waals surface area contributed by atoms with Gasteiger partial charge in [-0.15, -0.1) is 0 Å². The lowest BCUT2D eigenvalue weighted by Gasteiger charge is -2.04. The lowest BCUT2D eigenvalue weighted by atomic mass is 10.00. The van der Waals surface area contributed by atoms with Gasteiger partial charge in [0.15, 0.2) is 0 Å². The standard InChI is InChI=1S/C17H15NO2S/c1-12-16(13-8-10-15(11-9-13)21(2)19)17(18-20-12)14-6-4-3-5-7-14/h3-11H,1-2H3. The molecule has 1 atom stereocenters. The zero-order valence-electron chi connectivity index (χ0n) is 11.9. The monoisotopic (exact) mass is 297 g/mol. The van der Waals surface area contributed by atoms with Gasteiger partial charge in [-0.1, -0.05) is 47.6 Å². The van der Waals surface area contributed by atoms with Gasteiger partial charge in [0.1, 0.15) is 11.5 Å². The number of hydrogen-bond acceptors (Lipinski definition) is 3. The van der Waals surface area contributed by atoms with Gasteiger partial charge in [-0.3, -0.25) is 4.21 Å². The summed E-state index contributed by atoms with van der Waals surface area (Å²) in [4.78, 5) is 0.814. The highest BCUT2D eigenvalue weighted by atomic mass is 32.2. The van der Waals surface area contributed by atoms with Crippen LogP contribution in [0.15, 0.2) is 64.0 Å². The maximum Gasteiger partial charge on any atom is 0.142 e. The van der Waals surface area contributed by atoms with E-state index in [2.05, 4.69) is 5.16 Å². The Morgan fingerprint density at radius 1 is 0.952 bits per heavy atom. The summed E-state index contributed by atoms with van der Waals surface area (Å²) >= 11 is 0. The Labute approximate surface area is 126 Å². The molecule has 3 nitrogen and oxygen atoms in total. The predicted molar refractivity (Wildman–Crippen MR) is 84.4 cm³/mol. The molecule has 0 aliphatic heterocycles. The van der Waals surface area contributed by atoms with Gasteiger partial charge in [0.05, 0.1) is 5.56 Å². The summed E-state index contributed by atoms with van der Waals surface area (Å²) < 4.78 is 16.9. The molecule has 1 unspecified atom stereocenters. The predicted octanol–water partition coefficient (Wildman–Crippen LogP) is 4.05. The molecule has 4 heteroatoms. The van der Waals surface area contributed by atoms with E-state index < -0.39 is 10.8 Å². The summed E-state index contributed by atoms with van der Waals surface area (Å²) in [7, 11) is -0.970. The third-order valence-electron chi connectivity index (χ3n) is 3.38. The molecule has 3 rings (SSSR count). The van der Waals surface area contributed by atoms with E-state index in [1.165, 1.54) is 0 Å². The topological polar surface area (TPSA) is 43.1 Å². The van der Waals surface area contributed by atoms with Crippen LogP contribution in [0.1, 0.15) is 5.76 Å². The molecule has 1 heterocycles. The van der Waals surface area contributed by atoms with Crippen molar-refractivity contribution in [2.45, 2.75) is 11.8 Å². The molecule has 0 aliphatic rings. The molecule has 21 heavy (non-hydrogen) atoms. The second-order valence-electron chi connectivity index (χ2n) is 4.81. The molecule has 1 aromatic heterocycles. The highest BCUT2D eigenvalue weighted by Gasteiger charge is 2.16. The minimum atomic E-state index is -0.970. The highest BCUT2D eigenvalue weighted by Crippen LogP contribution is 2.34. The van der Waals surface area contributed by atoms with E-state index in [1.807, 2.05) is 61.5 Å². The second-order valence-corrected chi connectivity index (χ2v) is 6.19. The van der Waals surface area contributed by atoms with Crippen LogP contribution in [0.25, 0.3) is 22.4 Å². The maximum absolute atomic E-state index is 11.5. The van der Waals surface area contributed by atoms with Crippen molar-refractivity contribution < 1.29 is 8.73 Å². The first-order chi connectivity index (χ1) is 10.2. The largest absolute Gasteiger partial charge is 0.360 e. The van der Waals surface area contributed by atoms with E-state index >= 15 is 0 Å². The van der Waals surface area contributed by atoms with Crippen LogP contribution < -0.4 is 0 Å². The van der Waals surface area contributed by atoms with Crippen molar-refractivity contribution in [3.63, 3.8) is 0 Å². The van der Waals surface area contributed by atoms with Crippen molar-refractivity contribution in [3.05, 3.63) is 60.4 Å². The summed E-state index contributed by atoms with van der Waals surface area (Å²) in [6.45, 7) is 1.90. The number of benzene rings is 2. The third-order valence-corrected chi connectivity index (χ3v) is 4.32. The zero-order chi connectivity index (χ0) is 14.8. The Morgan fingerprint density at radius 2 is 1.62 bits per heavy atom. The number of nitrogens with zero attached hydrogens (tertiary/aromatic N) is 1. The third kappa shape index (κ3) is 2.67. The number of aromatic nitrogens is 1. The molecule has 0 saturated heterocycles. The van der Waals surface area contributed by atoms with E-state index in [0.717, 1.165) is 33.0 Å². The van der Waals surface area contributed by atoms with E-state index in [1.54, 1.807) is 6.26 Å². The van der Waals surface area contributed by atoms with Crippen molar-refractivity contribution in [1.29, 1.82) is 0 Å². The lowest BCUT2D eigenvalue weighted by molar-refractivity contribution is 0.400. The zero-order valence-corrected chi connectivity index (χ0v) is 12.7. The minimum absolute atomic E-state index is 0.777. The van der Waals surface area contributed by atoms with Crippen LogP contribution in [0.3, 0.4) is 0 Å². The second kappa shape index (κ2) is 5.66. The molecule has 106 valence electrons. The Morgan fingerprint density at radius 3 is 2.24 bits per heavy atom. The van der Waals surface area contributed by atoms with Crippen LogP contribution in [0.5, 0.6) is 0 Å². The van der Waals surface area contributed by atoms with Gasteiger partial charge in [0, 0.05) is 27.5 Å². The summed E-state index contributed by atoms with van der Waals surface area (Å²) in [6, 6.07) is 17.6. The smallest absolute Gasteiger partial charge is 0.142 e. The van der Waals surface area contributed by atoms with Crippen molar-refractivity contribution in [2.75, 3.05) is 6.26 Å². The fourth-order valence-corrected chi connectivity index (χ4v) is 2.84. The molecular weight excluding hydrogens is 282 g/mol. The van der Waals surface area contributed by atoms with Crippen LogP contribution in [0.2, 0.25) is 0 Å². The first-order valence-electron chi connectivity index (χ1n) is 6.62. The fourth-order valence-electron chi connectivity index (χ4n) is 2.32. The summed E-state index contributed by atoms with van der Waals surface area (Å²) in [5, 5.41) is 4.18. The van der Waals surface area contributed by atoms with E-state index in [9.17, 15) is 4.21 Å². The van der Waals surface area contributed by atoms with Gasteiger partial charge in [-0.25, -0.2) is 0 Å². The van der Waals surface area contributed by atoms with Gasteiger partial charge < -0.3 is 4.52 Å². The van der Waals surface area contributed by atoms with Crippen LogP contribution in [-0.2, 0) is 10.8 Å². The average molecular weight is 297 g/mol. The van der Waals surface area contributed by atoms with Gasteiger partial charge in [-0.05, 0) is 24.6 Å². The minimum Gasteiger partial charge on any atom is -0.360 e. The van der Waals surface area contributed by atoms with Gasteiger partial charge >= 0.3 is 0 Å². The molecule has 0 fully saturated rings. The van der Waals surface area contributed by atoms with E-state index in [4.69, 9.17) is 4.52 Å². The molecular formula is C17H15NO2S. The average Bonchev–Trinajstić information content (AvgIpc) is 2.90. The van der Waals surface area contributed by atoms with Crippen molar-refractivity contribution in [3.8, 4) is 22.4 Å². The molecule has 0 N–H and O–H groups in total. The van der Waals surface area contributed by atoms with E-state index in [-0.39, 0.29) is 0 Å². The Hall–Kier alpha value is -2.20. The summed E-state index contributed by atoms with van der Waals surface area (Å²) in [5.74, 6) is 0.777. The van der Waals surface area contributed by atoms with Gasteiger partial charge in [0.2, 0.25) is 0 Å². The molecule has 0 spiro atoms. The lowest BCUT2D eigenvalue weighted by Crippen LogP contribution is -1.88. The number of aryl methyl sites for hydroxylation is 1. The summed E-state index contributed by atoms with van der Waals surface area (Å²) in [5.41, 5.74) is 3.85. The Bertz CT molecular complexity index is 776. The first-order valence-corrected chi connectivity index (χ1v) is 8.18. The number of hydrogen-bond donors (Lipinski definition) is 0. The fraction of sp³-hybridized carbons (Fsp3) is 0.118. The Kier molecular flexibility index (Phi) is 3.71. The van der Waals surface area contributed by atoms with Crippen molar-refractivity contribution in [2.24, 2.45) is 0 Å². The SMILES string of the molecule is Cc1onc(-c2ccccc2)c1-c1ccc(S(C)=O)cc1. The van der Waals surface area contributed by atoms with Crippen LogP contribution in [-0.4, -0.2) is 15.6 Å². The van der Waals surface area contributed by atoms with Gasteiger partial charge in [-0.2, -0.15) is 0 Å². The molecule has 0 saturated carbocycles. The van der Waals surface area contributed by atoms with Crippen LogP contribution in [0.4, 0.5) is 0 Å². The summed E-state index contributed by atoms with van der Waals surface area (Å²) in [6.07, 6.45) is 1.68. The molecule has 0 aliphatic carbocycles. The van der Waals surface area contributed by atoms with Crippen LogP contribution >= 0.6 is 0 Å². The van der Waals surface area contributed by atoms with Crippen molar-refractivity contribution in [1.82, 2.24) is 5.16 Å².